The van der Waals surface area contributed by atoms with Crippen molar-refractivity contribution in [1.82, 2.24) is 0 Å². The Kier molecular flexibility index (Phi) is 7.67. The van der Waals surface area contributed by atoms with E-state index in [1.54, 1.807) is 12.3 Å². The minimum absolute atomic E-state index is 0.396. The highest BCUT2D eigenvalue weighted by Gasteiger charge is 2.26. The minimum atomic E-state index is -0.495. The standard InChI is InChI=1S/C11H27P2/c1-6-12(7-2)10-11-13(5,8-3)9-4/h6-11H2,1-5H3/q+1. The fourth-order valence-corrected chi connectivity index (χ4v) is 6.68. The van der Waals surface area contributed by atoms with Crippen molar-refractivity contribution in [3.05, 3.63) is 0 Å². The molecule has 0 aliphatic rings. The fourth-order valence-electron chi connectivity index (χ4n) is 1.46. The molecule has 0 nitrogen and oxygen atoms in total. The molecule has 0 aromatic carbocycles. The summed E-state index contributed by atoms with van der Waals surface area (Å²) >= 11 is 0. The first-order valence-corrected chi connectivity index (χ1v) is 10.4. The second-order valence-electron chi connectivity index (χ2n) is 4.00. The summed E-state index contributed by atoms with van der Waals surface area (Å²) in [6, 6.07) is 0. The molecule has 0 aromatic heterocycles. The molecule has 0 aliphatic heterocycles. The van der Waals surface area contributed by atoms with Crippen LogP contribution in [0.15, 0.2) is 0 Å². The van der Waals surface area contributed by atoms with Crippen LogP contribution in [0, 0.1) is 0 Å². The van der Waals surface area contributed by atoms with E-state index >= 15 is 0 Å². The van der Waals surface area contributed by atoms with E-state index in [4.69, 9.17) is 0 Å². The highest BCUT2D eigenvalue weighted by atomic mass is 31.2. The molecule has 0 aliphatic carbocycles. The van der Waals surface area contributed by atoms with Crippen molar-refractivity contribution in [2.24, 2.45) is 0 Å². The second-order valence-corrected chi connectivity index (χ2v) is 12.0. The lowest BCUT2D eigenvalue weighted by atomic mass is 10.9. The van der Waals surface area contributed by atoms with Gasteiger partial charge < -0.3 is 0 Å². The van der Waals surface area contributed by atoms with E-state index in [0.29, 0.717) is 7.92 Å². The van der Waals surface area contributed by atoms with Crippen LogP contribution in [-0.2, 0) is 0 Å². The molecule has 0 spiro atoms. The molecule has 0 atom stereocenters. The van der Waals surface area contributed by atoms with Crippen molar-refractivity contribution >= 4 is 15.2 Å². The van der Waals surface area contributed by atoms with Crippen LogP contribution in [0.25, 0.3) is 0 Å². The van der Waals surface area contributed by atoms with E-state index in [2.05, 4.69) is 34.4 Å². The number of rotatable bonds is 7. The number of hydrogen-bond acceptors (Lipinski definition) is 0. The first kappa shape index (κ1) is 13.9. The molecule has 0 unspecified atom stereocenters. The van der Waals surface area contributed by atoms with Gasteiger partial charge in [-0.05, 0) is 26.2 Å². The van der Waals surface area contributed by atoms with Crippen LogP contribution in [-0.4, -0.2) is 43.6 Å². The van der Waals surface area contributed by atoms with Crippen molar-refractivity contribution in [2.45, 2.75) is 27.7 Å². The predicted octanol–water partition coefficient (Wildman–Crippen LogP) is 4.20. The van der Waals surface area contributed by atoms with Gasteiger partial charge in [0.2, 0.25) is 0 Å². The normalized spacial score (nSPS) is 12.5. The smallest absolute Gasteiger partial charge is 0.0630 e. The summed E-state index contributed by atoms with van der Waals surface area (Å²) < 4.78 is 0. The van der Waals surface area contributed by atoms with Crippen LogP contribution in [0.3, 0.4) is 0 Å². The SMILES string of the molecule is CCP(CC)CC[P+](C)(CC)CC. The van der Waals surface area contributed by atoms with Gasteiger partial charge >= 0.3 is 0 Å². The first-order valence-electron chi connectivity index (χ1n) is 5.67. The summed E-state index contributed by atoms with van der Waals surface area (Å²) in [6.45, 7) is 12.1. The Hall–Kier alpha value is 0.860. The topological polar surface area (TPSA) is 0 Å². The molecular weight excluding hydrogens is 194 g/mol. The Morgan fingerprint density at radius 3 is 1.69 bits per heavy atom. The van der Waals surface area contributed by atoms with Gasteiger partial charge in [-0.25, -0.2) is 0 Å². The summed E-state index contributed by atoms with van der Waals surface area (Å²) in [7, 11) is -0.0994. The van der Waals surface area contributed by atoms with E-state index in [0.717, 1.165) is 0 Å². The van der Waals surface area contributed by atoms with Crippen LogP contribution in [0.5, 0.6) is 0 Å². The Morgan fingerprint density at radius 2 is 1.38 bits per heavy atom. The molecule has 0 amide bonds. The van der Waals surface area contributed by atoms with Crippen molar-refractivity contribution in [3.63, 3.8) is 0 Å². The quantitative estimate of drug-likeness (QED) is 0.565. The van der Waals surface area contributed by atoms with Gasteiger partial charge in [-0.3, -0.25) is 0 Å². The highest BCUT2D eigenvalue weighted by molar-refractivity contribution is 7.75. The third kappa shape index (κ3) is 5.34. The lowest BCUT2D eigenvalue weighted by Gasteiger charge is -2.22. The van der Waals surface area contributed by atoms with E-state index in [1.165, 1.54) is 24.6 Å². The molecule has 0 saturated heterocycles. The summed E-state index contributed by atoms with van der Waals surface area (Å²) in [5, 5.41) is 0. The van der Waals surface area contributed by atoms with E-state index < -0.39 is 7.26 Å². The molecule has 0 bridgehead atoms. The minimum Gasteiger partial charge on any atom is -0.104 e. The van der Waals surface area contributed by atoms with E-state index in [9.17, 15) is 0 Å². The van der Waals surface area contributed by atoms with Crippen molar-refractivity contribution in [2.75, 3.05) is 43.6 Å². The molecule has 0 heterocycles. The maximum atomic E-state index is 2.56. The Labute approximate surface area is 87.0 Å². The van der Waals surface area contributed by atoms with Gasteiger partial charge in [-0.1, -0.05) is 13.8 Å². The van der Waals surface area contributed by atoms with Crippen LogP contribution in [0.1, 0.15) is 27.7 Å². The van der Waals surface area contributed by atoms with Gasteiger partial charge in [0.1, 0.15) is 0 Å². The zero-order valence-corrected chi connectivity index (χ0v) is 11.9. The molecule has 2 heteroatoms. The molecule has 0 radical (unpaired) electrons. The first-order chi connectivity index (χ1) is 6.11. The summed E-state index contributed by atoms with van der Waals surface area (Å²) in [6.07, 6.45) is 8.92. The molecule has 80 valence electrons. The lowest BCUT2D eigenvalue weighted by Crippen LogP contribution is -2.06. The van der Waals surface area contributed by atoms with Gasteiger partial charge in [-0.2, -0.15) is 0 Å². The Morgan fingerprint density at radius 1 is 0.923 bits per heavy atom. The largest absolute Gasteiger partial charge is 0.104 e. The van der Waals surface area contributed by atoms with Gasteiger partial charge in [0, 0.05) is 20.1 Å². The predicted molar refractivity (Wildman–Crippen MR) is 71.7 cm³/mol. The average molecular weight is 221 g/mol. The molecule has 0 saturated carbocycles. The molecule has 0 fully saturated rings. The fraction of sp³-hybridized carbons (Fsp3) is 1.00. The molecule has 13 heavy (non-hydrogen) atoms. The summed E-state index contributed by atoms with van der Waals surface area (Å²) in [5.74, 6) is 0. The zero-order valence-electron chi connectivity index (χ0n) is 10.1. The van der Waals surface area contributed by atoms with Gasteiger partial charge in [0.25, 0.3) is 0 Å². The van der Waals surface area contributed by atoms with Crippen molar-refractivity contribution < 1.29 is 0 Å². The Bertz CT molecular complexity index is 115. The van der Waals surface area contributed by atoms with Crippen LogP contribution in [0.2, 0.25) is 0 Å². The third-order valence-corrected chi connectivity index (χ3v) is 10.7. The maximum Gasteiger partial charge on any atom is 0.0630 e. The lowest BCUT2D eigenvalue weighted by molar-refractivity contribution is 1.29. The molecule has 0 aromatic rings. The third-order valence-electron chi connectivity index (χ3n) is 3.38. The highest BCUT2D eigenvalue weighted by Crippen LogP contribution is 2.56. The molecule has 0 rings (SSSR count). The summed E-state index contributed by atoms with van der Waals surface area (Å²) in [4.78, 5) is 0. The van der Waals surface area contributed by atoms with Crippen LogP contribution >= 0.6 is 15.2 Å². The van der Waals surface area contributed by atoms with Crippen LogP contribution in [0.4, 0.5) is 0 Å². The van der Waals surface area contributed by atoms with Crippen LogP contribution < -0.4 is 0 Å². The van der Waals surface area contributed by atoms with Crippen molar-refractivity contribution in [3.8, 4) is 0 Å². The molecule has 0 N–H and O–H groups in total. The van der Waals surface area contributed by atoms with Gasteiger partial charge in [0.15, 0.2) is 0 Å². The van der Waals surface area contributed by atoms with Gasteiger partial charge in [0.05, 0.1) is 18.5 Å². The van der Waals surface area contributed by atoms with E-state index in [1.807, 2.05) is 0 Å². The maximum absolute atomic E-state index is 2.56. The zero-order chi connectivity index (χ0) is 10.3. The second kappa shape index (κ2) is 7.19. The van der Waals surface area contributed by atoms with Gasteiger partial charge in [-0.15, -0.1) is 7.92 Å². The summed E-state index contributed by atoms with van der Waals surface area (Å²) in [5.41, 5.74) is 0. The number of hydrogen-bond donors (Lipinski definition) is 0. The Balaban J connectivity index is 3.83. The monoisotopic (exact) mass is 221 g/mol. The van der Waals surface area contributed by atoms with Crippen molar-refractivity contribution in [1.29, 1.82) is 0 Å². The average Bonchev–Trinajstić information content (AvgIpc) is 2.19. The van der Waals surface area contributed by atoms with E-state index in [-0.39, 0.29) is 0 Å². The molecular formula is C11H27P2+.